The minimum Gasteiger partial charge on any atom is -0.464 e. The summed E-state index contributed by atoms with van der Waals surface area (Å²) in [6.07, 6.45) is 2.20. The van der Waals surface area contributed by atoms with Crippen LogP contribution in [0.25, 0.3) is 5.69 Å². The molecule has 9 heteroatoms. The number of benzene rings is 1. The molecule has 0 saturated carbocycles. The summed E-state index contributed by atoms with van der Waals surface area (Å²) in [4.78, 5) is 26.6. The van der Waals surface area contributed by atoms with Gasteiger partial charge in [-0.25, -0.2) is 9.48 Å². The molecule has 138 valence electrons. The number of hydrogen-bond donors (Lipinski definition) is 0. The predicted molar refractivity (Wildman–Crippen MR) is 94.3 cm³/mol. The van der Waals surface area contributed by atoms with Crippen molar-refractivity contribution in [1.82, 2.24) is 29.7 Å². The van der Waals surface area contributed by atoms with Crippen molar-refractivity contribution in [2.45, 2.75) is 19.5 Å². The highest BCUT2D eigenvalue weighted by Crippen LogP contribution is 2.18. The Hall–Kier alpha value is -3.49. The van der Waals surface area contributed by atoms with Crippen LogP contribution in [0.1, 0.15) is 33.1 Å². The van der Waals surface area contributed by atoms with Gasteiger partial charge in [-0.1, -0.05) is 23.4 Å². The Balaban J connectivity index is 1.61. The van der Waals surface area contributed by atoms with E-state index in [0.717, 1.165) is 17.8 Å². The molecule has 0 spiro atoms. The molecule has 0 radical (unpaired) electrons. The third-order valence-electron chi connectivity index (χ3n) is 4.47. The molecule has 0 saturated heterocycles. The molecule has 1 aliphatic rings. The highest BCUT2D eigenvalue weighted by Gasteiger charge is 2.26. The van der Waals surface area contributed by atoms with E-state index in [4.69, 9.17) is 4.74 Å². The number of hydrogen-bond acceptors (Lipinski definition) is 6. The quantitative estimate of drug-likeness (QED) is 0.649. The van der Waals surface area contributed by atoms with Crippen LogP contribution in [0.2, 0.25) is 0 Å². The van der Waals surface area contributed by atoms with E-state index in [-0.39, 0.29) is 11.6 Å². The average molecular weight is 366 g/mol. The summed E-state index contributed by atoms with van der Waals surface area (Å²) in [5.41, 5.74) is 2.20. The van der Waals surface area contributed by atoms with Crippen LogP contribution in [0.3, 0.4) is 0 Å². The highest BCUT2D eigenvalue weighted by atomic mass is 16.5. The number of carbonyl (C=O) groups is 2. The Morgan fingerprint density at radius 1 is 1.15 bits per heavy atom. The first kappa shape index (κ1) is 17.0. The predicted octanol–water partition coefficient (Wildman–Crippen LogP) is 1.30. The molecule has 3 aromatic rings. The normalized spacial score (nSPS) is 13.7. The fourth-order valence-electron chi connectivity index (χ4n) is 3.14. The molecule has 1 amide bonds. The number of fused-ring (bicyclic) bond motifs is 1. The van der Waals surface area contributed by atoms with Gasteiger partial charge in [0.05, 0.1) is 31.2 Å². The third kappa shape index (κ3) is 3.19. The first-order valence-electron chi connectivity index (χ1n) is 8.58. The average Bonchev–Trinajstić information content (AvgIpc) is 3.30. The summed E-state index contributed by atoms with van der Waals surface area (Å²) in [7, 11) is 1.32. The smallest absolute Gasteiger partial charge is 0.358 e. The maximum Gasteiger partial charge on any atom is 0.358 e. The Kier molecular flexibility index (Phi) is 4.41. The van der Waals surface area contributed by atoms with Crippen LogP contribution in [0.5, 0.6) is 0 Å². The van der Waals surface area contributed by atoms with Gasteiger partial charge in [-0.15, -0.1) is 5.10 Å². The van der Waals surface area contributed by atoms with Gasteiger partial charge >= 0.3 is 5.97 Å². The summed E-state index contributed by atoms with van der Waals surface area (Å²) in [6.45, 7) is 1.56. The topological polar surface area (TPSA) is 95.1 Å². The SMILES string of the molecule is COC(=O)c1cc2n(n1)CCCN(C(=O)c1cnnn1-c1ccccc1)C2. The molecule has 0 N–H and O–H groups in total. The van der Waals surface area contributed by atoms with Gasteiger partial charge in [-0.2, -0.15) is 5.10 Å². The summed E-state index contributed by atoms with van der Waals surface area (Å²) < 4.78 is 8.02. The van der Waals surface area contributed by atoms with Gasteiger partial charge in [0.25, 0.3) is 5.91 Å². The van der Waals surface area contributed by atoms with Crippen LogP contribution < -0.4 is 0 Å². The van der Waals surface area contributed by atoms with Crippen molar-refractivity contribution in [1.29, 1.82) is 0 Å². The minimum absolute atomic E-state index is 0.168. The third-order valence-corrected chi connectivity index (χ3v) is 4.47. The van der Waals surface area contributed by atoms with Crippen LogP contribution >= 0.6 is 0 Å². The zero-order valence-corrected chi connectivity index (χ0v) is 14.8. The van der Waals surface area contributed by atoms with E-state index in [1.165, 1.54) is 18.0 Å². The van der Waals surface area contributed by atoms with Crippen molar-refractivity contribution in [2.24, 2.45) is 0 Å². The Bertz CT molecular complexity index is 978. The zero-order valence-electron chi connectivity index (χ0n) is 14.8. The number of carbonyl (C=O) groups excluding carboxylic acids is 2. The van der Waals surface area contributed by atoms with E-state index in [0.29, 0.717) is 25.3 Å². The van der Waals surface area contributed by atoms with E-state index in [1.54, 1.807) is 15.6 Å². The molecule has 3 heterocycles. The Labute approximate surface area is 155 Å². The van der Waals surface area contributed by atoms with Crippen molar-refractivity contribution in [3.05, 3.63) is 59.7 Å². The van der Waals surface area contributed by atoms with Gasteiger partial charge in [-0.05, 0) is 24.6 Å². The van der Waals surface area contributed by atoms with Crippen LogP contribution in [-0.2, 0) is 17.8 Å². The number of amides is 1. The standard InChI is InChI=1S/C18H18N6O3/c1-27-18(26)15-10-14-12-22(8-5-9-23(14)20-15)17(25)16-11-19-21-24(16)13-6-3-2-4-7-13/h2-4,6-7,10-11H,5,8-9,12H2,1H3. The molecule has 0 fully saturated rings. The molecule has 0 atom stereocenters. The summed E-state index contributed by atoms with van der Waals surface area (Å²) >= 11 is 0. The molecule has 2 aromatic heterocycles. The molecule has 0 bridgehead atoms. The van der Waals surface area contributed by atoms with Gasteiger partial charge in [0, 0.05) is 13.1 Å². The van der Waals surface area contributed by atoms with E-state index in [2.05, 4.69) is 15.4 Å². The lowest BCUT2D eigenvalue weighted by molar-refractivity contribution is 0.0593. The number of methoxy groups -OCH3 is 1. The minimum atomic E-state index is -0.486. The number of rotatable bonds is 3. The van der Waals surface area contributed by atoms with Crippen molar-refractivity contribution in [3.8, 4) is 5.69 Å². The lowest BCUT2D eigenvalue weighted by Gasteiger charge is -2.20. The number of aryl methyl sites for hydroxylation is 1. The van der Waals surface area contributed by atoms with Gasteiger partial charge in [-0.3, -0.25) is 9.48 Å². The molecule has 1 aromatic carbocycles. The maximum atomic E-state index is 13.1. The second-order valence-electron chi connectivity index (χ2n) is 6.18. The molecule has 1 aliphatic heterocycles. The number of para-hydroxylation sites is 1. The molecule has 0 unspecified atom stereocenters. The molecule has 0 aliphatic carbocycles. The second kappa shape index (κ2) is 7.02. The molecule has 4 rings (SSSR count). The molecule has 9 nitrogen and oxygen atoms in total. The summed E-state index contributed by atoms with van der Waals surface area (Å²) in [5.74, 6) is -0.655. The molecular formula is C18H18N6O3. The lowest BCUT2D eigenvalue weighted by Crippen LogP contribution is -2.32. The number of nitrogens with zero attached hydrogens (tertiary/aromatic N) is 6. The first-order chi connectivity index (χ1) is 13.2. The van der Waals surface area contributed by atoms with Crippen LogP contribution in [0.15, 0.2) is 42.6 Å². The largest absolute Gasteiger partial charge is 0.464 e. The Morgan fingerprint density at radius 2 is 1.96 bits per heavy atom. The van der Waals surface area contributed by atoms with E-state index < -0.39 is 5.97 Å². The first-order valence-corrected chi connectivity index (χ1v) is 8.58. The molecule has 27 heavy (non-hydrogen) atoms. The van der Waals surface area contributed by atoms with Crippen LogP contribution in [0, 0.1) is 0 Å². The Morgan fingerprint density at radius 3 is 2.74 bits per heavy atom. The van der Waals surface area contributed by atoms with Gasteiger partial charge < -0.3 is 9.64 Å². The van der Waals surface area contributed by atoms with Gasteiger partial charge in [0.1, 0.15) is 0 Å². The summed E-state index contributed by atoms with van der Waals surface area (Å²) in [5, 5.41) is 12.2. The van der Waals surface area contributed by atoms with Gasteiger partial charge in [0.2, 0.25) is 0 Å². The number of aromatic nitrogens is 5. The highest BCUT2D eigenvalue weighted by molar-refractivity contribution is 5.93. The fraction of sp³-hybridized carbons (Fsp3) is 0.278. The van der Waals surface area contributed by atoms with Crippen molar-refractivity contribution >= 4 is 11.9 Å². The van der Waals surface area contributed by atoms with Crippen molar-refractivity contribution < 1.29 is 14.3 Å². The zero-order chi connectivity index (χ0) is 18.8. The summed E-state index contributed by atoms with van der Waals surface area (Å²) in [6, 6.07) is 11.1. The van der Waals surface area contributed by atoms with Crippen LogP contribution in [-0.4, -0.2) is 55.2 Å². The second-order valence-corrected chi connectivity index (χ2v) is 6.18. The number of ether oxygens (including phenoxy) is 1. The lowest BCUT2D eigenvalue weighted by atomic mass is 10.2. The van der Waals surface area contributed by atoms with E-state index in [1.807, 2.05) is 30.3 Å². The van der Waals surface area contributed by atoms with Crippen molar-refractivity contribution in [2.75, 3.05) is 13.7 Å². The maximum absolute atomic E-state index is 13.1. The monoisotopic (exact) mass is 366 g/mol. The fourth-order valence-corrected chi connectivity index (χ4v) is 3.14. The number of esters is 1. The van der Waals surface area contributed by atoms with Crippen molar-refractivity contribution in [3.63, 3.8) is 0 Å². The van der Waals surface area contributed by atoms with E-state index in [9.17, 15) is 9.59 Å². The van der Waals surface area contributed by atoms with E-state index >= 15 is 0 Å². The molecular weight excluding hydrogens is 348 g/mol. The van der Waals surface area contributed by atoms with Crippen LogP contribution in [0.4, 0.5) is 0 Å². The van der Waals surface area contributed by atoms with Gasteiger partial charge in [0.15, 0.2) is 11.4 Å².